The highest BCUT2D eigenvalue weighted by Gasteiger charge is 2.27. The lowest BCUT2D eigenvalue weighted by Gasteiger charge is -2.34. The number of benzene rings is 1. The molecule has 10 heteroatoms. The minimum Gasteiger partial charge on any atom is -0.352 e. The van der Waals surface area contributed by atoms with Gasteiger partial charge in [0.15, 0.2) is 11.6 Å². The molecule has 0 aliphatic carbocycles. The van der Waals surface area contributed by atoms with Crippen LogP contribution in [0, 0.1) is 6.92 Å². The molecule has 8 nitrogen and oxygen atoms in total. The molecular formula is C19H21ClN6O2S. The van der Waals surface area contributed by atoms with Gasteiger partial charge in [-0.15, -0.1) is 10.2 Å². The van der Waals surface area contributed by atoms with E-state index in [1.54, 1.807) is 28.9 Å². The lowest BCUT2D eigenvalue weighted by Crippen LogP contribution is -2.49. The van der Waals surface area contributed by atoms with Gasteiger partial charge >= 0.3 is 0 Å². The summed E-state index contributed by atoms with van der Waals surface area (Å²) >= 11 is 5.96. The number of halogens is 1. The van der Waals surface area contributed by atoms with E-state index in [0.29, 0.717) is 42.6 Å². The van der Waals surface area contributed by atoms with Crippen LogP contribution in [-0.2, 0) is 15.8 Å². The van der Waals surface area contributed by atoms with Gasteiger partial charge in [0.2, 0.25) is 10.0 Å². The SMILES string of the molecule is Cc1ccn(-c2ccc(N3CCN(S(=O)(=O)Cc4cccc(Cl)c4)CC3)nn2)n1. The highest BCUT2D eigenvalue weighted by atomic mass is 35.5. The number of aryl methyl sites for hydroxylation is 1. The minimum absolute atomic E-state index is 0.0502. The largest absolute Gasteiger partial charge is 0.352 e. The summed E-state index contributed by atoms with van der Waals surface area (Å²) in [7, 11) is -3.40. The minimum atomic E-state index is -3.40. The number of hydrogen-bond acceptors (Lipinski definition) is 6. The molecule has 0 spiro atoms. The molecule has 1 saturated heterocycles. The zero-order valence-electron chi connectivity index (χ0n) is 15.9. The Morgan fingerprint density at radius 2 is 1.72 bits per heavy atom. The average Bonchev–Trinajstić information content (AvgIpc) is 3.14. The molecule has 1 aliphatic heterocycles. The molecule has 1 aromatic carbocycles. The van der Waals surface area contributed by atoms with Crippen molar-refractivity contribution in [2.24, 2.45) is 0 Å². The number of rotatable bonds is 5. The highest BCUT2D eigenvalue weighted by molar-refractivity contribution is 7.88. The highest BCUT2D eigenvalue weighted by Crippen LogP contribution is 2.19. The summed E-state index contributed by atoms with van der Waals surface area (Å²) in [6, 6.07) is 12.6. The molecule has 29 heavy (non-hydrogen) atoms. The maximum Gasteiger partial charge on any atom is 0.218 e. The first kappa shape index (κ1) is 19.8. The first-order valence-electron chi connectivity index (χ1n) is 9.24. The molecule has 1 aliphatic rings. The third-order valence-electron chi connectivity index (χ3n) is 4.79. The lowest BCUT2D eigenvalue weighted by atomic mass is 10.2. The molecule has 1 fully saturated rings. The van der Waals surface area contributed by atoms with Gasteiger partial charge in [0.1, 0.15) is 0 Å². The van der Waals surface area contributed by atoms with Gasteiger partial charge < -0.3 is 4.90 Å². The summed E-state index contributed by atoms with van der Waals surface area (Å²) in [6.45, 7) is 3.85. The van der Waals surface area contributed by atoms with Crippen molar-refractivity contribution in [1.82, 2.24) is 24.3 Å². The van der Waals surface area contributed by atoms with Crippen LogP contribution in [0.25, 0.3) is 5.82 Å². The van der Waals surface area contributed by atoms with E-state index < -0.39 is 10.0 Å². The third kappa shape index (κ3) is 4.58. The fourth-order valence-corrected chi connectivity index (χ4v) is 4.99. The van der Waals surface area contributed by atoms with E-state index in [0.717, 1.165) is 11.5 Å². The second-order valence-corrected chi connectivity index (χ2v) is 9.33. The van der Waals surface area contributed by atoms with Crippen molar-refractivity contribution in [1.29, 1.82) is 0 Å². The van der Waals surface area contributed by atoms with Crippen molar-refractivity contribution in [2.45, 2.75) is 12.7 Å². The average molecular weight is 433 g/mol. The van der Waals surface area contributed by atoms with Crippen LogP contribution in [0.1, 0.15) is 11.3 Å². The zero-order valence-corrected chi connectivity index (χ0v) is 17.5. The van der Waals surface area contributed by atoms with E-state index in [2.05, 4.69) is 15.3 Å². The summed E-state index contributed by atoms with van der Waals surface area (Å²) in [6.07, 6.45) is 1.84. The van der Waals surface area contributed by atoms with Crippen molar-refractivity contribution in [2.75, 3.05) is 31.1 Å². The molecule has 0 unspecified atom stereocenters. The van der Waals surface area contributed by atoms with Crippen LogP contribution in [0.15, 0.2) is 48.7 Å². The van der Waals surface area contributed by atoms with Gasteiger partial charge in [0, 0.05) is 37.4 Å². The van der Waals surface area contributed by atoms with Crippen LogP contribution in [0.5, 0.6) is 0 Å². The Balaban J connectivity index is 1.38. The van der Waals surface area contributed by atoms with Crippen LogP contribution >= 0.6 is 11.6 Å². The molecule has 0 radical (unpaired) electrons. The third-order valence-corrected chi connectivity index (χ3v) is 6.87. The predicted octanol–water partition coefficient (Wildman–Crippen LogP) is 2.28. The Hall–Kier alpha value is -2.49. The van der Waals surface area contributed by atoms with Gasteiger partial charge in [-0.2, -0.15) is 9.40 Å². The van der Waals surface area contributed by atoms with E-state index in [1.165, 1.54) is 4.31 Å². The van der Waals surface area contributed by atoms with Crippen LogP contribution in [0.3, 0.4) is 0 Å². The molecule has 0 N–H and O–H groups in total. The predicted molar refractivity (Wildman–Crippen MR) is 112 cm³/mol. The van der Waals surface area contributed by atoms with Gasteiger partial charge in [0.05, 0.1) is 11.4 Å². The van der Waals surface area contributed by atoms with Crippen molar-refractivity contribution in [3.63, 3.8) is 0 Å². The van der Waals surface area contributed by atoms with E-state index in [9.17, 15) is 8.42 Å². The monoisotopic (exact) mass is 432 g/mol. The van der Waals surface area contributed by atoms with Gasteiger partial charge in [-0.3, -0.25) is 0 Å². The van der Waals surface area contributed by atoms with E-state index in [1.807, 2.05) is 36.2 Å². The standard InChI is InChI=1S/C19H21ClN6O2S/c1-15-7-8-26(23-15)19-6-5-18(21-22-19)24-9-11-25(12-10-24)29(27,28)14-16-3-2-4-17(20)13-16/h2-8,13H,9-12,14H2,1H3. The molecule has 3 heterocycles. The number of anilines is 1. The second-order valence-electron chi connectivity index (χ2n) is 6.92. The molecule has 0 amide bonds. The van der Waals surface area contributed by atoms with E-state index in [-0.39, 0.29) is 5.75 Å². The maximum absolute atomic E-state index is 12.7. The van der Waals surface area contributed by atoms with Crippen molar-refractivity contribution < 1.29 is 8.42 Å². The first-order valence-corrected chi connectivity index (χ1v) is 11.2. The topological polar surface area (TPSA) is 84.2 Å². The molecule has 2 aromatic heterocycles. The maximum atomic E-state index is 12.7. The molecule has 152 valence electrons. The second kappa shape index (κ2) is 8.10. The number of sulfonamides is 1. The number of hydrogen-bond donors (Lipinski definition) is 0. The van der Waals surface area contributed by atoms with Gasteiger partial charge in [-0.05, 0) is 42.8 Å². The Bertz CT molecular complexity index is 1090. The Morgan fingerprint density at radius 3 is 2.34 bits per heavy atom. The van der Waals surface area contributed by atoms with Gasteiger partial charge in [-0.25, -0.2) is 13.1 Å². The van der Waals surface area contributed by atoms with Gasteiger partial charge in [0.25, 0.3) is 0 Å². The fraction of sp³-hybridized carbons (Fsp3) is 0.316. The van der Waals surface area contributed by atoms with Crippen LogP contribution in [0.4, 0.5) is 5.82 Å². The van der Waals surface area contributed by atoms with Gasteiger partial charge in [-0.1, -0.05) is 23.7 Å². The fourth-order valence-electron chi connectivity index (χ4n) is 3.28. The molecular weight excluding hydrogens is 412 g/mol. The van der Waals surface area contributed by atoms with Crippen molar-refractivity contribution >= 4 is 27.4 Å². The smallest absolute Gasteiger partial charge is 0.218 e. The van der Waals surface area contributed by atoms with Crippen LogP contribution < -0.4 is 4.90 Å². The summed E-state index contributed by atoms with van der Waals surface area (Å²) in [5, 5.41) is 13.4. The Kier molecular flexibility index (Phi) is 5.53. The zero-order chi connectivity index (χ0) is 20.4. The molecule has 0 atom stereocenters. The molecule has 0 saturated carbocycles. The number of nitrogens with zero attached hydrogens (tertiary/aromatic N) is 6. The van der Waals surface area contributed by atoms with E-state index in [4.69, 9.17) is 11.6 Å². The summed E-state index contributed by atoms with van der Waals surface area (Å²) in [5.74, 6) is 1.32. The molecule has 0 bridgehead atoms. The lowest BCUT2D eigenvalue weighted by molar-refractivity contribution is 0.383. The summed E-state index contributed by atoms with van der Waals surface area (Å²) < 4.78 is 28.7. The Morgan fingerprint density at radius 1 is 1.00 bits per heavy atom. The first-order chi connectivity index (χ1) is 13.9. The van der Waals surface area contributed by atoms with Crippen LogP contribution in [0.2, 0.25) is 5.02 Å². The normalized spacial score (nSPS) is 15.6. The van der Waals surface area contributed by atoms with Crippen molar-refractivity contribution in [3.05, 3.63) is 64.9 Å². The van der Waals surface area contributed by atoms with E-state index >= 15 is 0 Å². The van der Waals surface area contributed by atoms with Crippen LogP contribution in [-0.4, -0.2) is 58.9 Å². The Labute approximate surface area is 174 Å². The van der Waals surface area contributed by atoms with Crippen molar-refractivity contribution in [3.8, 4) is 5.82 Å². The molecule has 4 rings (SSSR count). The number of piperazine rings is 1. The summed E-state index contributed by atoms with van der Waals surface area (Å²) in [4.78, 5) is 2.04. The quantitative estimate of drug-likeness (QED) is 0.615. The summed E-state index contributed by atoms with van der Waals surface area (Å²) in [5.41, 5.74) is 1.60. The molecule has 3 aromatic rings. The number of aromatic nitrogens is 4.